The molecule has 110 valence electrons. The zero-order chi connectivity index (χ0) is 14.5. The van der Waals surface area contributed by atoms with Gasteiger partial charge in [-0.25, -0.2) is 0 Å². The summed E-state index contributed by atoms with van der Waals surface area (Å²) in [5.41, 5.74) is 5.14. The molecule has 19 heavy (non-hydrogen) atoms. The molecule has 1 fully saturated rings. The van der Waals surface area contributed by atoms with Crippen LogP contribution in [0.15, 0.2) is 0 Å². The summed E-state index contributed by atoms with van der Waals surface area (Å²) in [7, 11) is 0. The number of hydrogen-bond donors (Lipinski definition) is 2. The van der Waals surface area contributed by atoms with Gasteiger partial charge in [0.2, 0.25) is 11.8 Å². The van der Waals surface area contributed by atoms with Crippen molar-refractivity contribution in [3.05, 3.63) is 0 Å². The molecular formula is C13H26N4O2. The fourth-order valence-corrected chi connectivity index (χ4v) is 2.05. The lowest BCUT2D eigenvalue weighted by atomic mass is 10.1. The van der Waals surface area contributed by atoms with Crippen LogP contribution >= 0.6 is 0 Å². The average Bonchev–Trinajstić information content (AvgIpc) is 2.50. The number of nitrogens with two attached hydrogens (primary N) is 1. The maximum absolute atomic E-state index is 12.1. The number of carbonyl (C=O) groups is 2. The molecule has 0 radical (unpaired) electrons. The lowest BCUT2D eigenvalue weighted by Crippen LogP contribution is -2.46. The largest absolute Gasteiger partial charge is 0.369 e. The van der Waals surface area contributed by atoms with Gasteiger partial charge in [0.25, 0.3) is 0 Å². The van der Waals surface area contributed by atoms with E-state index in [0.29, 0.717) is 19.6 Å². The monoisotopic (exact) mass is 270 g/mol. The highest BCUT2D eigenvalue weighted by Gasteiger charge is 2.20. The highest BCUT2D eigenvalue weighted by molar-refractivity contribution is 5.78. The topological polar surface area (TPSA) is 78.7 Å². The third kappa shape index (κ3) is 6.54. The highest BCUT2D eigenvalue weighted by atomic mass is 16.2. The van der Waals surface area contributed by atoms with Crippen molar-refractivity contribution in [1.29, 1.82) is 0 Å². The smallest absolute Gasteiger partial charge is 0.236 e. The molecule has 0 spiro atoms. The van der Waals surface area contributed by atoms with Crippen molar-refractivity contribution < 1.29 is 9.59 Å². The summed E-state index contributed by atoms with van der Waals surface area (Å²) in [6.07, 6.45) is 0.883. The number of nitrogens with zero attached hydrogens (tertiary/aromatic N) is 2. The van der Waals surface area contributed by atoms with E-state index in [9.17, 15) is 9.59 Å². The van der Waals surface area contributed by atoms with E-state index in [4.69, 9.17) is 5.73 Å². The minimum atomic E-state index is -0.311. The van der Waals surface area contributed by atoms with Gasteiger partial charge in [-0.15, -0.1) is 0 Å². The molecule has 0 aromatic heterocycles. The summed E-state index contributed by atoms with van der Waals surface area (Å²) < 4.78 is 0. The van der Waals surface area contributed by atoms with E-state index < -0.39 is 0 Å². The first-order chi connectivity index (χ1) is 8.78. The van der Waals surface area contributed by atoms with Crippen LogP contribution in [0.4, 0.5) is 0 Å². The lowest BCUT2D eigenvalue weighted by Gasteiger charge is -2.25. The highest BCUT2D eigenvalue weighted by Crippen LogP contribution is 2.04. The van der Waals surface area contributed by atoms with Crippen molar-refractivity contribution in [3.8, 4) is 0 Å². The van der Waals surface area contributed by atoms with E-state index >= 15 is 0 Å². The second kappa shape index (κ2) is 6.86. The molecule has 0 atom stereocenters. The van der Waals surface area contributed by atoms with Crippen molar-refractivity contribution in [2.75, 3.05) is 39.3 Å². The van der Waals surface area contributed by atoms with Crippen LogP contribution < -0.4 is 11.1 Å². The van der Waals surface area contributed by atoms with Gasteiger partial charge in [-0.1, -0.05) is 0 Å². The Hall–Kier alpha value is -1.14. The Morgan fingerprint density at radius 1 is 1.16 bits per heavy atom. The minimum Gasteiger partial charge on any atom is -0.369 e. The molecule has 1 heterocycles. The van der Waals surface area contributed by atoms with Crippen LogP contribution in [-0.4, -0.2) is 66.4 Å². The Balaban J connectivity index is 2.39. The minimum absolute atomic E-state index is 0.0560. The zero-order valence-corrected chi connectivity index (χ0v) is 12.2. The fourth-order valence-electron chi connectivity index (χ4n) is 2.05. The third-order valence-electron chi connectivity index (χ3n) is 3.09. The number of nitrogens with one attached hydrogen (secondary N) is 1. The van der Waals surface area contributed by atoms with Crippen molar-refractivity contribution in [2.45, 2.75) is 32.7 Å². The molecule has 3 N–H and O–H groups in total. The van der Waals surface area contributed by atoms with Crippen LogP contribution in [0.25, 0.3) is 0 Å². The van der Waals surface area contributed by atoms with E-state index in [2.05, 4.69) is 5.32 Å². The van der Waals surface area contributed by atoms with Gasteiger partial charge in [-0.2, -0.15) is 0 Å². The standard InChI is InChI=1S/C13H26N4O2/c1-13(2,3)15-9-12(19)17-6-4-5-16(7-8-17)10-11(14)18/h15H,4-10H2,1-3H3,(H2,14,18). The van der Waals surface area contributed by atoms with E-state index in [-0.39, 0.29) is 23.9 Å². The summed E-state index contributed by atoms with van der Waals surface area (Å²) in [4.78, 5) is 26.8. The van der Waals surface area contributed by atoms with Crippen LogP contribution in [0, 0.1) is 0 Å². The quantitative estimate of drug-likeness (QED) is 0.714. The van der Waals surface area contributed by atoms with Gasteiger partial charge in [0, 0.05) is 31.7 Å². The van der Waals surface area contributed by atoms with Crippen LogP contribution in [0.5, 0.6) is 0 Å². The third-order valence-corrected chi connectivity index (χ3v) is 3.09. The summed E-state index contributed by atoms with van der Waals surface area (Å²) in [6.45, 7) is 9.70. The van der Waals surface area contributed by atoms with E-state index in [1.54, 1.807) is 0 Å². The summed E-state index contributed by atoms with van der Waals surface area (Å²) in [5.74, 6) is -0.190. The summed E-state index contributed by atoms with van der Waals surface area (Å²) in [6, 6.07) is 0. The maximum atomic E-state index is 12.1. The Labute approximate surface area is 115 Å². The Kier molecular flexibility index (Phi) is 5.75. The van der Waals surface area contributed by atoms with E-state index in [1.165, 1.54) is 0 Å². The van der Waals surface area contributed by atoms with Gasteiger partial charge in [-0.05, 0) is 27.2 Å². The molecule has 0 unspecified atom stereocenters. The predicted octanol–water partition coefficient (Wildman–Crippen LogP) is -0.606. The number of hydrogen-bond acceptors (Lipinski definition) is 4. The van der Waals surface area contributed by atoms with Gasteiger partial charge in [0.05, 0.1) is 13.1 Å². The molecule has 0 aromatic rings. The lowest BCUT2D eigenvalue weighted by molar-refractivity contribution is -0.130. The molecule has 6 heteroatoms. The van der Waals surface area contributed by atoms with E-state index in [1.807, 2.05) is 30.6 Å². The van der Waals surface area contributed by atoms with E-state index in [0.717, 1.165) is 19.5 Å². The molecule has 6 nitrogen and oxygen atoms in total. The molecule has 1 aliphatic rings. The first-order valence-electron chi connectivity index (χ1n) is 6.81. The molecule has 0 aliphatic carbocycles. The fraction of sp³-hybridized carbons (Fsp3) is 0.846. The molecule has 2 amide bonds. The second-order valence-electron chi connectivity index (χ2n) is 6.08. The normalized spacial score (nSPS) is 18.2. The van der Waals surface area contributed by atoms with Gasteiger partial charge in [-0.3, -0.25) is 14.5 Å². The van der Waals surface area contributed by atoms with Crippen molar-refractivity contribution in [2.24, 2.45) is 5.73 Å². The summed E-state index contributed by atoms with van der Waals surface area (Å²) >= 11 is 0. The number of rotatable bonds is 4. The van der Waals surface area contributed by atoms with Crippen LogP contribution in [-0.2, 0) is 9.59 Å². The molecular weight excluding hydrogens is 244 g/mol. The molecule has 1 aliphatic heterocycles. The maximum Gasteiger partial charge on any atom is 0.236 e. The Morgan fingerprint density at radius 2 is 1.84 bits per heavy atom. The van der Waals surface area contributed by atoms with Crippen molar-refractivity contribution in [3.63, 3.8) is 0 Å². The van der Waals surface area contributed by atoms with Crippen molar-refractivity contribution in [1.82, 2.24) is 15.1 Å². The van der Waals surface area contributed by atoms with Gasteiger partial charge in [0.15, 0.2) is 0 Å². The number of carbonyl (C=O) groups excluding carboxylic acids is 2. The predicted molar refractivity (Wildman–Crippen MR) is 74.6 cm³/mol. The Bertz CT molecular complexity index is 325. The van der Waals surface area contributed by atoms with Crippen LogP contribution in [0.1, 0.15) is 27.2 Å². The van der Waals surface area contributed by atoms with Crippen LogP contribution in [0.2, 0.25) is 0 Å². The molecule has 1 saturated heterocycles. The first-order valence-corrected chi connectivity index (χ1v) is 6.81. The van der Waals surface area contributed by atoms with Gasteiger partial charge < -0.3 is 16.0 Å². The van der Waals surface area contributed by atoms with Crippen LogP contribution in [0.3, 0.4) is 0 Å². The Morgan fingerprint density at radius 3 is 2.42 bits per heavy atom. The molecule has 0 saturated carbocycles. The first kappa shape index (κ1) is 15.9. The van der Waals surface area contributed by atoms with Crippen molar-refractivity contribution >= 4 is 11.8 Å². The summed E-state index contributed by atoms with van der Waals surface area (Å²) in [5, 5.41) is 3.20. The number of primary amides is 1. The van der Waals surface area contributed by atoms with Gasteiger partial charge in [0.1, 0.15) is 0 Å². The molecule has 0 bridgehead atoms. The second-order valence-corrected chi connectivity index (χ2v) is 6.08. The zero-order valence-electron chi connectivity index (χ0n) is 12.2. The molecule has 1 rings (SSSR count). The molecule has 0 aromatic carbocycles. The average molecular weight is 270 g/mol. The van der Waals surface area contributed by atoms with Gasteiger partial charge >= 0.3 is 0 Å². The number of amides is 2. The SMILES string of the molecule is CC(C)(C)NCC(=O)N1CCCN(CC(N)=O)CC1.